The molecule has 40 valence electrons. The first kappa shape index (κ1) is 273. The average Bonchev–Trinajstić information content (AvgIpc) is 0. The monoisotopic (exact) mass is 212 g/mol. The Morgan fingerprint density at radius 1 is 0.500 bits per heavy atom. The van der Waals surface area contributed by atoms with E-state index in [1.165, 1.54) is 0 Å². The molecule has 0 saturated heterocycles. The van der Waals surface area contributed by atoms with Gasteiger partial charge in [0.05, 0.1) is 0 Å². The van der Waals surface area contributed by atoms with Gasteiger partial charge in [0.1, 0.15) is 0 Å². The summed E-state index contributed by atoms with van der Waals surface area (Å²) in [7, 11) is 0. The molecule has 8 heteroatoms. The summed E-state index contributed by atoms with van der Waals surface area (Å²) in [6, 6.07) is 0. The summed E-state index contributed by atoms with van der Waals surface area (Å²) in [5, 5.41) is 0. The van der Waals surface area contributed by atoms with Crippen LogP contribution in [-0.2, 0) is 48.4 Å². The van der Waals surface area contributed by atoms with Crippen molar-refractivity contribution >= 4 is 17.4 Å². The molecule has 0 spiro atoms. The van der Waals surface area contributed by atoms with E-state index >= 15 is 0 Å². The predicted molar refractivity (Wildman–Crippen MR) is 9.19 cm³/mol. The van der Waals surface area contributed by atoms with Crippen LogP contribution in [0.15, 0.2) is 0 Å². The number of hydrogen-bond acceptors (Lipinski definition) is 0. The molecule has 0 aromatic rings. The predicted octanol–water partition coefficient (Wildman–Crippen LogP) is -3.97. The van der Waals surface area contributed by atoms with E-state index in [-0.39, 0.29) is 84.7 Å². The first-order valence-electron chi connectivity index (χ1n) is 0. The van der Waals surface area contributed by atoms with Crippen molar-refractivity contribution in [2.75, 3.05) is 0 Å². The molecule has 0 rings (SSSR count). The fraction of sp³-hybridized carbons (Fsp3) is 0. The van der Waals surface area contributed by atoms with E-state index in [1.807, 2.05) is 0 Å². The van der Waals surface area contributed by atoms with Gasteiger partial charge in [-0.3, -0.25) is 0 Å². The van der Waals surface area contributed by atoms with Crippen molar-refractivity contribution in [1.82, 2.24) is 0 Å². The molecule has 0 unspecified atom stereocenters. The third-order valence-corrected chi connectivity index (χ3v) is 0. The largest absolute Gasteiger partial charge is 6.00 e. The van der Waals surface area contributed by atoms with Crippen molar-refractivity contribution in [3.8, 4) is 0 Å². The van der Waals surface area contributed by atoms with Gasteiger partial charge in [0.25, 0.3) is 0 Å². The van der Waals surface area contributed by atoms with Gasteiger partial charge < -0.3 is 27.4 Å². The van der Waals surface area contributed by atoms with Gasteiger partial charge in [-0.15, -0.1) is 0 Å². The van der Waals surface area contributed by atoms with E-state index in [0.29, 0.717) is 0 Å². The molecule has 0 radical (unpaired) electrons. The third kappa shape index (κ3) is 127. The van der Waals surface area contributed by atoms with Crippen molar-refractivity contribution in [3.05, 3.63) is 0 Å². The zero-order valence-corrected chi connectivity index (χ0v) is 7.19. The third-order valence-electron chi connectivity index (χ3n) is 0. The molecule has 0 amide bonds. The van der Waals surface area contributed by atoms with E-state index < -0.39 is 0 Å². The van der Waals surface area contributed by atoms with E-state index in [9.17, 15) is 0 Å². The van der Waals surface area contributed by atoms with Crippen molar-refractivity contribution in [3.63, 3.8) is 0 Å². The van der Waals surface area contributed by atoms with E-state index in [2.05, 4.69) is 0 Å². The number of hydrogen-bond donors (Lipinski definition) is 0. The van der Waals surface area contributed by atoms with Crippen molar-refractivity contribution in [2.24, 2.45) is 0 Å². The van der Waals surface area contributed by atoms with Gasteiger partial charge in [-0.1, -0.05) is 0 Å². The van der Waals surface area contributed by atoms with Crippen LogP contribution in [0.1, 0.15) is 0 Å². The average molecular weight is 210 g/mol. The second-order valence-electron chi connectivity index (χ2n) is 0. The summed E-state index contributed by atoms with van der Waals surface area (Å²) in [5.41, 5.74) is 0. The minimum absolute atomic E-state index is 0. The Hall–Kier alpha value is 1.62. The van der Waals surface area contributed by atoms with Crippen LogP contribution in [0.5, 0.6) is 0 Å². The van der Waals surface area contributed by atoms with E-state index in [1.54, 1.807) is 0 Å². The molecule has 0 aromatic heterocycles. The Morgan fingerprint density at radius 2 is 0.500 bits per heavy atom. The van der Waals surface area contributed by atoms with Gasteiger partial charge >= 0.3 is 57.3 Å². The topological polar surface area (TPSA) is 142 Å². The molecule has 8 heavy (non-hydrogen) atoms. The van der Waals surface area contributed by atoms with E-state index in [4.69, 9.17) is 0 Å². The fourth-order valence-corrected chi connectivity index (χ4v) is 0. The Labute approximate surface area is 84.3 Å². The summed E-state index contributed by atoms with van der Waals surface area (Å²) < 4.78 is 0. The second kappa shape index (κ2) is 191. The molecule has 5 nitrogen and oxygen atoms in total. The molecule has 0 aliphatic heterocycles. The maximum absolute atomic E-state index is 0. The zero-order valence-electron chi connectivity index (χ0n) is 4.03. The van der Waals surface area contributed by atoms with Crippen LogP contribution >= 0.6 is 0 Å². The van der Waals surface area contributed by atoms with Crippen molar-refractivity contribution in [1.29, 1.82) is 0 Å². The summed E-state index contributed by atoms with van der Waals surface area (Å²) >= 11 is 0. The smallest absolute Gasteiger partial charge is 2.00 e. The molecule has 0 aromatic carbocycles. The normalized spacial score (nSPS) is 0. The second-order valence-corrected chi connectivity index (χ2v) is 0. The van der Waals surface area contributed by atoms with Crippen molar-refractivity contribution in [2.45, 2.75) is 0 Å². The fourth-order valence-electron chi connectivity index (χ4n) is 0. The number of rotatable bonds is 0. The van der Waals surface area contributed by atoms with Gasteiger partial charge in [0.15, 0.2) is 0 Å². The Bertz CT molecular complexity index is 12.4. The summed E-state index contributed by atoms with van der Waals surface area (Å²) in [6.45, 7) is 0. The molecule has 0 aliphatic carbocycles. The summed E-state index contributed by atoms with van der Waals surface area (Å²) in [4.78, 5) is 0. The van der Waals surface area contributed by atoms with E-state index in [0.717, 1.165) is 0 Å². The van der Waals surface area contributed by atoms with Crippen molar-refractivity contribution < 1.29 is 67.3 Å². The quantitative estimate of drug-likeness (QED) is 0.359. The minimum atomic E-state index is 0. The molecular weight excluding hydrogens is 210 g/mol. The van der Waals surface area contributed by atoms with Crippen LogP contribution in [-0.4, -0.2) is 17.4 Å². The Balaban J connectivity index is 0. The molecule has 0 N–H and O–H groups in total. The van der Waals surface area contributed by atoms with Crippen LogP contribution in [0, 0.1) is 0 Å². The SMILES string of the molecule is [Al+3].[Li+].[Mo+6].[O-2].[O-2].[O-2].[O-2].[O-2]. The molecular formula is AlLiMoO5. The van der Waals surface area contributed by atoms with Gasteiger partial charge in [-0.25, -0.2) is 0 Å². The van der Waals surface area contributed by atoms with Crippen LogP contribution in [0.25, 0.3) is 0 Å². The molecule has 0 aliphatic rings. The first-order chi connectivity index (χ1) is 0. The minimum Gasteiger partial charge on any atom is -2.00 e. The summed E-state index contributed by atoms with van der Waals surface area (Å²) in [5.74, 6) is 0. The van der Waals surface area contributed by atoms with Crippen LogP contribution < -0.4 is 18.9 Å². The maximum atomic E-state index is 0. The molecule has 0 heterocycles. The summed E-state index contributed by atoms with van der Waals surface area (Å²) in [6.07, 6.45) is 0. The molecule has 0 bridgehead atoms. The van der Waals surface area contributed by atoms with Gasteiger partial charge in [-0.2, -0.15) is 0 Å². The Kier molecular flexibility index (Phi) is 6510. The van der Waals surface area contributed by atoms with Crippen LogP contribution in [0.4, 0.5) is 0 Å². The standard InChI is InChI=1S/Al.Li.Mo.5O/q+3;+1;+6;5*-2. The molecule has 0 fully saturated rings. The van der Waals surface area contributed by atoms with Gasteiger partial charge in [-0.05, 0) is 0 Å². The Morgan fingerprint density at radius 3 is 0.500 bits per heavy atom. The van der Waals surface area contributed by atoms with Gasteiger partial charge in [0.2, 0.25) is 0 Å². The maximum Gasteiger partial charge on any atom is 6.00 e. The van der Waals surface area contributed by atoms with Crippen LogP contribution in [0.3, 0.4) is 0 Å². The zero-order chi connectivity index (χ0) is 0. The molecule has 0 atom stereocenters. The molecule has 0 saturated carbocycles. The first-order valence-corrected chi connectivity index (χ1v) is 0. The van der Waals surface area contributed by atoms with Crippen LogP contribution in [0.2, 0.25) is 0 Å². The van der Waals surface area contributed by atoms with Gasteiger partial charge in [0, 0.05) is 0 Å².